The van der Waals surface area contributed by atoms with Crippen LogP contribution < -0.4 is 19.5 Å². The summed E-state index contributed by atoms with van der Waals surface area (Å²) < 4.78 is 17.6. The van der Waals surface area contributed by atoms with Gasteiger partial charge in [0.2, 0.25) is 6.79 Å². The van der Waals surface area contributed by atoms with E-state index in [-0.39, 0.29) is 6.79 Å². The second kappa shape index (κ2) is 7.70. The largest absolute Gasteiger partial charge is 0.488 e. The van der Waals surface area contributed by atoms with Gasteiger partial charge in [0.15, 0.2) is 11.5 Å². The fourth-order valence-electron chi connectivity index (χ4n) is 2.72. The Bertz CT molecular complexity index is 899. The average Bonchev–Trinajstić information content (AvgIpc) is 3.14. The number of ether oxygens (including phenoxy) is 3. The van der Waals surface area contributed by atoms with Crippen molar-refractivity contribution in [2.24, 2.45) is 0 Å². The quantitative estimate of drug-likeness (QED) is 0.591. The maximum Gasteiger partial charge on any atom is 0.231 e. The Morgan fingerprint density at radius 3 is 2.58 bits per heavy atom. The molecule has 3 aromatic rings. The monoisotopic (exact) mass is 411 g/mol. The van der Waals surface area contributed by atoms with Crippen molar-refractivity contribution in [3.63, 3.8) is 0 Å². The standard InChI is InChI=1S/C21H18BrNO3/c22-18-10-16(6-8-19(18)24-13-15-4-2-1-3-5-15)12-23-17-7-9-20-21(11-17)26-14-25-20/h1-11,23H,12-14H2. The second-order valence-corrected chi connectivity index (χ2v) is 6.81. The molecule has 0 spiro atoms. The van der Waals surface area contributed by atoms with Crippen molar-refractivity contribution in [1.29, 1.82) is 0 Å². The zero-order valence-electron chi connectivity index (χ0n) is 14.1. The van der Waals surface area contributed by atoms with Gasteiger partial charge >= 0.3 is 0 Å². The molecule has 3 aromatic carbocycles. The summed E-state index contributed by atoms with van der Waals surface area (Å²) >= 11 is 3.60. The van der Waals surface area contributed by atoms with E-state index in [9.17, 15) is 0 Å². The van der Waals surface area contributed by atoms with Gasteiger partial charge in [-0.25, -0.2) is 0 Å². The Morgan fingerprint density at radius 2 is 1.73 bits per heavy atom. The van der Waals surface area contributed by atoms with Gasteiger partial charge in [-0.2, -0.15) is 0 Å². The molecule has 1 aliphatic heterocycles. The zero-order valence-corrected chi connectivity index (χ0v) is 15.7. The molecule has 1 N–H and O–H groups in total. The van der Waals surface area contributed by atoms with Gasteiger partial charge in [-0.05, 0) is 51.3 Å². The molecule has 4 nitrogen and oxygen atoms in total. The van der Waals surface area contributed by atoms with Crippen molar-refractivity contribution in [3.8, 4) is 17.2 Å². The summed E-state index contributed by atoms with van der Waals surface area (Å²) in [6.45, 7) is 1.54. The lowest BCUT2D eigenvalue weighted by molar-refractivity contribution is 0.174. The molecule has 0 saturated heterocycles. The molecular formula is C21H18BrNO3. The maximum absolute atomic E-state index is 5.89. The maximum atomic E-state index is 5.89. The summed E-state index contributed by atoms with van der Waals surface area (Å²) in [4.78, 5) is 0. The summed E-state index contributed by atoms with van der Waals surface area (Å²) in [6.07, 6.45) is 0. The summed E-state index contributed by atoms with van der Waals surface area (Å²) in [5.74, 6) is 2.40. The van der Waals surface area contributed by atoms with Gasteiger partial charge in [0.1, 0.15) is 12.4 Å². The van der Waals surface area contributed by atoms with Gasteiger partial charge in [-0.1, -0.05) is 36.4 Å². The Kier molecular flexibility index (Phi) is 4.97. The molecule has 26 heavy (non-hydrogen) atoms. The number of nitrogens with one attached hydrogen (secondary N) is 1. The van der Waals surface area contributed by atoms with Crippen molar-refractivity contribution in [3.05, 3.63) is 82.3 Å². The highest BCUT2D eigenvalue weighted by Gasteiger charge is 2.13. The van der Waals surface area contributed by atoms with E-state index < -0.39 is 0 Å². The second-order valence-electron chi connectivity index (χ2n) is 5.96. The molecule has 0 fully saturated rings. The Balaban J connectivity index is 1.36. The fraction of sp³-hybridized carbons (Fsp3) is 0.143. The molecule has 132 valence electrons. The molecule has 0 saturated carbocycles. The van der Waals surface area contributed by atoms with Crippen LogP contribution in [0, 0.1) is 0 Å². The van der Waals surface area contributed by atoms with E-state index in [0.717, 1.165) is 38.5 Å². The van der Waals surface area contributed by atoms with Crippen molar-refractivity contribution >= 4 is 21.6 Å². The van der Waals surface area contributed by atoms with Crippen LogP contribution >= 0.6 is 15.9 Å². The number of rotatable bonds is 6. The predicted octanol–water partition coefficient (Wildman–Crippen LogP) is 5.37. The summed E-state index contributed by atoms with van der Waals surface area (Å²) in [5, 5.41) is 3.40. The summed E-state index contributed by atoms with van der Waals surface area (Å²) in [7, 11) is 0. The van der Waals surface area contributed by atoms with Gasteiger partial charge in [-0.3, -0.25) is 0 Å². The van der Waals surface area contributed by atoms with Gasteiger partial charge in [0, 0.05) is 18.3 Å². The van der Waals surface area contributed by atoms with E-state index >= 15 is 0 Å². The highest BCUT2D eigenvalue weighted by atomic mass is 79.9. The van der Waals surface area contributed by atoms with Crippen LogP contribution in [0.15, 0.2) is 71.2 Å². The van der Waals surface area contributed by atoms with Gasteiger partial charge in [0.05, 0.1) is 4.47 Å². The van der Waals surface area contributed by atoms with Gasteiger partial charge in [-0.15, -0.1) is 0 Å². The Hall–Kier alpha value is -2.66. The summed E-state index contributed by atoms with van der Waals surface area (Å²) in [6, 6.07) is 22.1. The number of benzene rings is 3. The zero-order chi connectivity index (χ0) is 17.8. The Morgan fingerprint density at radius 1 is 0.885 bits per heavy atom. The minimum atomic E-state index is 0.288. The fourth-order valence-corrected chi connectivity index (χ4v) is 3.26. The lowest BCUT2D eigenvalue weighted by atomic mass is 10.2. The lowest BCUT2D eigenvalue weighted by Crippen LogP contribution is -2.00. The molecule has 0 amide bonds. The van der Waals surface area contributed by atoms with E-state index in [0.29, 0.717) is 13.2 Å². The van der Waals surface area contributed by atoms with Crippen molar-refractivity contribution in [1.82, 2.24) is 0 Å². The van der Waals surface area contributed by atoms with Crippen LogP contribution in [0.25, 0.3) is 0 Å². The van der Waals surface area contributed by atoms with Crippen LogP contribution in [0.1, 0.15) is 11.1 Å². The molecule has 4 rings (SSSR count). The van der Waals surface area contributed by atoms with Crippen LogP contribution in [0.3, 0.4) is 0 Å². The Labute approximate surface area is 160 Å². The predicted molar refractivity (Wildman–Crippen MR) is 105 cm³/mol. The van der Waals surface area contributed by atoms with Crippen LogP contribution in [-0.4, -0.2) is 6.79 Å². The van der Waals surface area contributed by atoms with Crippen LogP contribution in [-0.2, 0) is 13.2 Å². The molecule has 0 aromatic heterocycles. The normalized spacial score (nSPS) is 12.0. The van der Waals surface area contributed by atoms with Crippen LogP contribution in [0.5, 0.6) is 17.2 Å². The van der Waals surface area contributed by atoms with E-state index in [4.69, 9.17) is 14.2 Å². The smallest absolute Gasteiger partial charge is 0.231 e. The van der Waals surface area contributed by atoms with Crippen LogP contribution in [0.2, 0.25) is 0 Å². The van der Waals surface area contributed by atoms with Crippen molar-refractivity contribution in [2.75, 3.05) is 12.1 Å². The molecule has 0 unspecified atom stereocenters. The van der Waals surface area contributed by atoms with Crippen molar-refractivity contribution < 1.29 is 14.2 Å². The molecule has 1 aliphatic rings. The number of fused-ring (bicyclic) bond motifs is 1. The lowest BCUT2D eigenvalue weighted by Gasteiger charge is -2.11. The third-order valence-corrected chi connectivity index (χ3v) is 4.72. The minimum absolute atomic E-state index is 0.288. The van der Waals surface area contributed by atoms with Gasteiger partial charge < -0.3 is 19.5 Å². The molecule has 0 aliphatic carbocycles. The molecule has 1 heterocycles. The highest BCUT2D eigenvalue weighted by molar-refractivity contribution is 9.10. The topological polar surface area (TPSA) is 39.7 Å². The number of anilines is 1. The van der Waals surface area contributed by atoms with Crippen LogP contribution in [0.4, 0.5) is 5.69 Å². The van der Waals surface area contributed by atoms with E-state index in [2.05, 4.69) is 45.5 Å². The molecule has 0 bridgehead atoms. The molecule has 0 atom stereocenters. The van der Waals surface area contributed by atoms with E-state index in [1.54, 1.807) is 0 Å². The average molecular weight is 412 g/mol. The first-order valence-corrected chi connectivity index (χ1v) is 9.16. The molecule has 0 radical (unpaired) electrons. The van der Waals surface area contributed by atoms with Gasteiger partial charge in [0.25, 0.3) is 0 Å². The molecule has 5 heteroatoms. The van der Waals surface area contributed by atoms with E-state index in [1.807, 2.05) is 42.5 Å². The first-order chi connectivity index (χ1) is 12.8. The first-order valence-electron chi connectivity index (χ1n) is 8.36. The number of hydrogen-bond acceptors (Lipinski definition) is 4. The van der Waals surface area contributed by atoms with Crippen molar-refractivity contribution in [2.45, 2.75) is 13.2 Å². The van der Waals surface area contributed by atoms with E-state index in [1.165, 1.54) is 0 Å². The number of hydrogen-bond donors (Lipinski definition) is 1. The summed E-state index contributed by atoms with van der Waals surface area (Å²) in [5.41, 5.74) is 3.30. The molecular weight excluding hydrogens is 394 g/mol. The number of halogens is 1. The third kappa shape index (κ3) is 3.94. The highest BCUT2D eigenvalue weighted by Crippen LogP contribution is 2.34. The first kappa shape index (κ1) is 16.8. The third-order valence-electron chi connectivity index (χ3n) is 4.10. The SMILES string of the molecule is Brc1cc(CNc2ccc3c(c2)OCO3)ccc1OCc1ccccc1. The minimum Gasteiger partial charge on any atom is -0.488 e.